The summed E-state index contributed by atoms with van der Waals surface area (Å²) in [6.07, 6.45) is 9.95. The molecule has 0 aromatic rings. The third-order valence-electron chi connectivity index (χ3n) is 4.83. The monoisotopic (exact) mass is 252 g/mol. The van der Waals surface area contributed by atoms with Gasteiger partial charge in [-0.2, -0.15) is 0 Å². The molecule has 0 aromatic carbocycles. The number of nitrogens with one attached hydrogen (secondary N) is 1. The molecular formula is C16H32N2. The van der Waals surface area contributed by atoms with Crippen LogP contribution in [-0.2, 0) is 0 Å². The van der Waals surface area contributed by atoms with Crippen LogP contribution in [0.25, 0.3) is 0 Å². The van der Waals surface area contributed by atoms with E-state index >= 15 is 0 Å². The molecule has 1 heterocycles. The van der Waals surface area contributed by atoms with Gasteiger partial charge in [0.05, 0.1) is 0 Å². The largest absolute Gasteiger partial charge is 0.313 e. The molecule has 1 atom stereocenters. The smallest absolute Gasteiger partial charge is 0.0195 e. The van der Waals surface area contributed by atoms with Gasteiger partial charge in [-0.3, -0.25) is 0 Å². The predicted molar refractivity (Wildman–Crippen MR) is 78.9 cm³/mol. The second kappa shape index (κ2) is 7.49. The minimum atomic E-state index is 0.777. The maximum atomic E-state index is 3.65. The topological polar surface area (TPSA) is 15.3 Å². The van der Waals surface area contributed by atoms with Crippen LogP contribution >= 0.6 is 0 Å². The van der Waals surface area contributed by atoms with Gasteiger partial charge in [0.25, 0.3) is 0 Å². The first-order chi connectivity index (χ1) is 8.78. The lowest BCUT2D eigenvalue weighted by Crippen LogP contribution is -2.40. The zero-order valence-corrected chi connectivity index (χ0v) is 12.5. The van der Waals surface area contributed by atoms with E-state index in [0.717, 1.165) is 17.9 Å². The van der Waals surface area contributed by atoms with Gasteiger partial charge in [-0.1, -0.05) is 26.7 Å². The van der Waals surface area contributed by atoms with Gasteiger partial charge in [0.1, 0.15) is 0 Å². The minimum absolute atomic E-state index is 0.777. The Hall–Kier alpha value is -0.0800. The molecule has 1 N–H and O–H groups in total. The summed E-state index contributed by atoms with van der Waals surface area (Å²) in [5.74, 6) is 1.96. The normalized spacial score (nSPS) is 33.2. The maximum absolute atomic E-state index is 3.65. The van der Waals surface area contributed by atoms with E-state index in [1.165, 1.54) is 71.1 Å². The standard InChI is InChI=1S/C16H32N2/c1-3-11-18(13-16-5-4-10-17-16)12-15-8-6-14(2)7-9-15/h14-17H,3-13H2,1-2H3. The van der Waals surface area contributed by atoms with Crippen molar-refractivity contribution in [2.45, 2.75) is 64.8 Å². The van der Waals surface area contributed by atoms with Crippen molar-refractivity contribution < 1.29 is 0 Å². The van der Waals surface area contributed by atoms with Gasteiger partial charge in [0.2, 0.25) is 0 Å². The van der Waals surface area contributed by atoms with E-state index < -0.39 is 0 Å². The lowest BCUT2D eigenvalue weighted by Gasteiger charge is -2.33. The lowest BCUT2D eigenvalue weighted by atomic mass is 9.83. The molecule has 2 aliphatic rings. The first-order valence-electron chi connectivity index (χ1n) is 8.23. The van der Waals surface area contributed by atoms with Crippen LogP contribution in [0.2, 0.25) is 0 Å². The molecule has 0 aromatic heterocycles. The van der Waals surface area contributed by atoms with E-state index in [-0.39, 0.29) is 0 Å². The van der Waals surface area contributed by atoms with Gasteiger partial charge in [-0.15, -0.1) is 0 Å². The molecule has 1 saturated heterocycles. The van der Waals surface area contributed by atoms with Gasteiger partial charge in [0, 0.05) is 19.1 Å². The quantitative estimate of drug-likeness (QED) is 0.780. The van der Waals surface area contributed by atoms with E-state index in [4.69, 9.17) is 0 Å². The third kappa shape index (κ3) is 4.55. The number of hydrogen-bond acceptors (Lipinski definition) is 2. The zero-order valence-electron chi connectivity index (χ0n) is 12.5. The van der Waals surface area contributed by atoms with Gasteiger partial charge >= 0.3 is 0 Å². The maximum Gasteiger partial charge on any atom is 0.0195 e. The van der Waals surface area contributed by atoms with Crippen LogP contribution in [0.5, 0.6) is 0 Å². The van der Waals surface area contributed by atoms with Gasteiger partial charge in [-0.05, 0) is 57.0 Å². The fourth-order valence-corrected chi connectivity index (χ4v) is 3.67. The highest BCUT2D eigenvalue weighted by Gasteiger charge is 2.23. The zero-order chi connectivity index (χ0) is 12.8. The molecule has 0 radical (unpaired) electrons. The predicted octanol–water partition coefficient (Wildman–Crippen LogP) is 3.28. The van der Waals surface area contributed by atoms with Gasteiger partial charge in [-0.25, -0.2) is 0 Å². The summed E-state index contributed by atoms with van der Waals surface area (Å²) in [4.78, 5) is 2.74. The Bertz CT molecular complexity index is 215. The molecule has 1 aliphatic heterocycles. The molecule has 1 saturated carbocycles. The molecular weight excluding hydrogens is 220 g/mol. The van der Waals surface area contributed by atoms with Crippen molar-refractivity contribution in [3.8, 4) is 0 Å². The first-order valence-corrected chi connectivity index (χ1v) is 8.23. The second-order valence-corrected chi connectivity index (χ2v) is 6.68. The summed E-state index contributed by atoms with van der Waals surface area (Å²) in [7, 11) is 0. The Labute approximate surface area is 114 Å². The fraction of sp³-hybridized carbons (Fsp3) is 1.00. The van der Waals surface area contributed by atoms with Gasteiger partial charge in [0.15, 0.2) is 0 Å². The molecule has 0 amide bonds. The van der Waals surface area contributed by atoms with Crippen LogP contribution in [0.4, 0.5) is 0 Å². The van der Waals surface area contributed by atoms with Crippen molar-refractivity contribution in [3.63, 3.8) is 0 Å². The number of nitrogens with zero attached hydrogens (tertiary/aromatic N) is 1. The van der Waals surface area contributed by atoms with Crippen molar-refractivity contribution in [1.29, 1.82) is 0 Å². The van der Waals surface area contributed by atoms with E-state index in [2.05, 4.69) is 24.1 Å². The Morgan fingerprint density at radius 1 is 1.06 bits per heavy atom. The molecule has 1 aliphatic carbocycles. The highest BCUT2D eigenvalue weighted by atomic mass is 15.2. The van der Waals surface area contributed by atoms with E-state index in [0.29, 0.717) is 0 Å². The number of rotatable bonds is 6. The van der Waals surface area contributed by atoms with Crippen molar-refractivity contribution in [2.75, 3.05) is 26.2 Å². The molecule has 18 heavy (non-hydrogen) atoms. The Kier molecular flexibility index (Phi) is 5.97. The summed E-state index contributed by atoms with van der Waals surface area (Å²) in [5.41, 5.74) is 0. The Morgan fingerprint density at radius 3 is 2.44 bits per heavy atom. The van der Waals surface area contributed by atoms with E-state index in [9.17, 15) is 0 Å². The molecule has 106 valence electrons. The molecule has 2 heteroatoms. The van der Waals surface area contributed by atoms with E-state index in [1.54, 1.807) is 0 Å². The number of hydrogen-bond donors (Lipinski definition) is 1. The third-order valence-corrected chi connectivity index (χ3v) is 4.83. The van der Waals surface area contributed by atoms with E-state index in [1.807, 2.05) is 0 Å². The summed E-state index contributed by atoms with van der Waals surface area (Å²) < 4.78 is 0. The summed E-state index contributed by atoms with van der Waals surface area (Å²) >= 11 is 0. The van der Waals surface area contributed by atoms with Gasteiger partial charge < -0.3 is 10.2 Å². The highest BCUT2D eigenvalue weighted by molar-refractivity contribution is 4.80. The second-order valence-electron chi connectivity index (χ2n) is 6.68. The van der Waals surface area contributed by atoms with Crippen molar-refractivity contribution >= 4 is 0 Å². The van der Waals surface area contributed by atoms with Crippen molar-refractivity contribution in [2.24, 2.45) is 11.8 Å². The fourth-order valence-electron chi connectivity index (χ4n) is 3.67. The van der Waals surface area contributed by atoms with Crippen LogP contribution in [0.1, 0.15) is 58.8 Å². The molecule has 0 spiro atoms. The minimum Gasteiger partial charge on any atom is -0.313 e. The molecule has 2 nitrogen and oxygen atoms in total. The molecule has 1 unspecified atom stereocenters. The van der Waals surface area contributed by atoms with Crippen LogP contribution in [0.3, 0.4) is 0 Å². The SMILES string of the molecule is CCCN(CC1CCC(C)CC1)CC1CCCN1. The molecule has 2 fully saturated rings. The van der Waals surface area contributed by atoms with Crippen LogP contribution < -0.4 is 5.32 Å². The van der Waals surface area contributed by atoms with Crippen LogP contribution in [0.15, 0.2) is 0 Å². The molecule has 0 bridgehead atoms. The Morgan fingerprint density at radius 2 is 1.83 bits per heavy atom. The summed E-state index contributed by atoms with van der Waals surface area (Å²) in [5, 5.41) is 3.65. The molecule has 2 rings (SSSR count). The highest BCUT2D eigenvalue weighted by Crippen LogP contribution is 2.29. The van der Waals surface area contributed by atoms with Crippen LogP contribution in [0, 0.1) is 11.8 Å². The van der Waals surface area contributed by atoms with Crippen LogP contribution in [-0.4, -0.2) is 37.1 Å². The Balaban J connectivity index is 1.74. The lowest BCUT2D eigenvalue weighted by molar-refractivity contribution is 0.174. The summed E-state index contributed by atoms with van der Waals surface area (Å²) in [6.45, 7) is 9.93. The first kappa shape index (κ1) is 14.3. The van der Waals surface area contributed by atoms with Crippen molar-refractivity contribution in [1.82, 2.24) is 10.2 Å². The average Bonchev–Trinajstić information content (AvgIpc) is 2.85. The summed E-state index contributed by atoms with van der Waals surface area (Å²) in [6, 6.07) is 0.777. The average molecular weight is 252 g/mol. The van der Waals surface area contributed by atoms with Crippen molar-refractivity contribution in [3.05, 3.63) is 0 Å².